The fraction of sp³-hybridized carbons (Fsp3) is 0.905. The first-order valence-electron chi connectivity index (χ1n) is 10.2. The Kier molecular flexibility index (Phi) is 20.4. The van der Waals surface area contributed by atoms with Crippen molar-refractivity contribution in [1.82, 2.24) is 0 Å². The van der Waals surface area contributed by atoms with Crippen molar-refractivity contribution in [1.29, 1.82) is 0 Å². The average molecular weight is 311 g/mol. The lowest BCUT2D eigenvalue weighted by atomic mass is 10.0. The van der Waals surface area contributed by atoms with Crippen LogP contribution in [0.5, 0.6) is 0 Å². The Hall–Kier alpha value is -0.300. The van der Waals surface area contributed by atoms with E-state index in [1.807, 2.05) is 6.08 Å². The standard InChI is InChI=1S/C21H42O/c1-2-3-4-5-6-7-8-9-10-11-12-13-14-15-16-17-18-19-20-21-22/h19-20,22H,2-18,21H2,1H3/b20-19+. The molecule has 0 rings (SSSR count). The van der Waals surface area contributed by atoms with Crippen molar-refractivity contribution < 1.29 is 5.11 Å². The van der Waals surface area contributed by atoms with Crippen LogP contribution < -0.4 is 0 Å². The van der Waals surface area contributed by atoms with Gasteiger partial charge in [0.05, 0.1) is 6.61 Å². The van der Waals surface area contributed by atoms with E-state index >= 15 is 0 Å². The van der Waals surface area contributed by atoms with Gasteiger partial charge in [-0.25, -0.2) is 0 Å². The molecule has 0 aromatic heterocycles. The van der Waals surface area contributed by atoms with Crippen LogP contribution >= 0.6 is 0 Å². The van der Waals surface area contributed by atoms with Crippen molar-refractivity contribution in [2.24, 2.45) is 0 Å². The van der Waals surface area contributed by atoms with Gasteiger partial charge >= 0.3 is 0 Å². The molecule has 0 fully saturated rings. The van der Waals surface area contributed by atoms with Crippen LogP contribution in [0.3, 0.4) is 0 Å². The molecule has 0 atom stereocenters. The van der Waals surface area contributed by atoms with Crippen molar-refractivity contribution in [3.05, 3.63) is 12.2 Å². The fourth-order valence-corrected chi connectivity index (χ4v) is 3.00. The Balaban J connectivity index is 2.95. The summed E-state index contributed by atoms with van der Waals surface area (Å²) in [5.41, 5.74) is 0. The molecule has 0 aromatic rings. The quantitative estimate of drug-likeness (QED) is 0.210. The summed E-state index contributed by atoms with van der Waals surface area (Å²) in [6.07, 6.45) is 27.9. The van der Waals surface area contributed by atoms with Crippen molar-refractivity contribution in [3.63, 3.8) is 0 Å². The average Bonchev–Trinajstić information content (AvgIpc) is 2.54. The van der Waals surface area contributed by atoms with Crippen LogP contribution in [0.25, 0.3) is 0 Å². The lowest BCUT2D eigenvalue weighted by Crippen LogP contribution is -1.83. The summed E-state index contributed by atoms with van der Waals surface area (Å²) in [5.74, 6) is 0. The second-order valence-electron chi connectivity index (χ2n) is 6.75. The third-order valence-electron chi connectivity index (χ3n) is 4.50. The van der Waals surface area contributed by atoms with E-state index in [0.717, 1.165) is 6.42 Å². The molecule has 0 spiro atoms. The van der Waals surface area contributed by atoms with Gasteiger partial charge in [0.15, 0.2) is 0 Å². The molecule has 0 saturated carbocycles. The van der Waals surface area contributed by atoms with Crippen LogP contribution in [-0.4, -0.2) is 11.7 Å². The number of hydrogen-bond donors (Lipinski definition) is 1. The fourth-order valence-electron chi connectivity index (χ4n) is 3.00. The third-order valence-corrected chi connectivity index (χ3v) is 4.50. The van der Waals surface area contributed by atoms with Crippen LogP contribution in [0.2, 0.25) is 0 Å². The van der Waals surface area contributed by atoms with E-state index in [1.54, 1.807) is 0 Å². The molecule has 132 valence electrons. The lowest BCUT2D eigenvalue weighted by molar-refractivity contribution is 0.342. The van der Waals surface area contributed by atoms with Crippen molar-refractivity contribution in [3.8, 4) is 0 Å². The smallest absolute Gasteiger partial charge is 0.0612 e. The molecule has 1 N–H and O–H groups in total. The molecule has 22 heavy (non-hydrogen) atoms. The highest BCUT2D eigenvalue weighted by atomic mass is 16.2. The Labute approximate surface area is 140 Å². The highest BCUT2D eigenvalue weighted by Crippen LogP contribution is 2.13. The Morgan fingerprint density at radius 2 is 0.864 bits per heavy atom. The molecule has 0 heterocycles. The number of rotatable bonds is 18. The SMILES string of the molecule is CCCCCCCCCCCCCCCCCC/C=C/CO. The lowest BCUT2D eigenvalue weighted by Gasteiger charge is -2.03. The van der Waals surface area contributed by atoms with Crippen LogP contribution in [0, 0.1) is 0 Å². The summed E-state index contributed by atoms with van der Waals surface area (Å²) in [4.78, 5) is 0. The van der Waals surface area contributed by atoms with E-state index in [2.05, 4.69) is 13.0 Å². The summed E-state index contributed by atoms with van der Waals surface area (Å²) < 4.78 is 0. The molecule has 0 aliphatic heterocycles. The first-order valence-corrected chi connectivity index (χ1v) is 10.2. The van der Waals surface area contributed by atoms with Crippen molar-refractivity contribution in [2.45, 2.75) is 116 Å². The largest absolute Gasteiger partial charge is 0.392 e. The molecule has 0 aliphatic rings. The van der Waals surface area contributed by atoms with Gasteiger partial charge in [0.2, 0.25) is 0 Å². The Bertz CT molecular complexity index is 210. The molecule has 1 nitrogen and oxygen atoms in total. The van der Waals surface area contributed by atoms with Gasteiger partial charge in [-0.3, -0.25) is 0 Å². The summed E-state index contributed by atoms with van der Waals surface area (Å²) in [6.45, 7) is 2.48. The maximum absolute atomic E-state index is 8.61. The molecule has 0 saturated heterocycles. The van der Waals surface area contributed by atoms with E-state index in [4.69, 9.17) is 5.11 Å². The summed E-state index contributed by atoms with van der Waals surface area (Å²) in [6, 6.07) is 0. The van der Waals surface area contributed by atoms with Crippen LogP contribution in [0.1, 0.15) is 116 Å². The molecule has 0 bridgehead atoms. The summed E-state index contributed by atoms with van der Waals surface area (Å²) >= 11 is 0. The normalized spacial score (nSPS) is 11.5. The van der Waals surface area contributed by atoms with Gasteiger partial charge in [0.1, 0.15) is 0 Å². The molecule has 0 aromatic carbocycles. The highest BCUT2D eigenvalue weighted by Gasteiger charge is 1.94. The van der Waals surface area contributed by atoms with Gasteiger partial charge in [-0.1, -0.05) is 115 Å². The van der Waals surface area contributed by atoms with Crippen molar-refractivity contribution >= 4 is 0 Å². The number of unbranched alkanes of at least 4 members (excludes halogenated alkanes) is 16. The zero-order valence-corrected chi connectivity index (χ0v) is 15.3. The van der Waals surface area contributed by atoms with Crippen LogP contribution in [0.4, 0.5) is 0 Å². The number of allylic oxidation sites excluding steroid dienone is 1. The zero-order valence-electron chi connectivity index (χ0n) is 15.3. The minimum absolute atomic E-state index is 0.193. The first kappa shape index (κ1) is 21.7. The van der Waals surface area contributed by atoms with Gasteiger partial charge in [-0.05, 0) is 12.8 Å². The molecule has 1 heteroatoms. The minimum Gasteiger partial charge on any atom is -0.392 e. The second-order valence-corrected chi connectivity index (χ2v) is 6.75. The van der Waals surface area contributed by atoms with E-state index in [9.17, 15) is 0 Å². The number of aliphatic hydroxyl groups is 1. The van der Waals surface area contributed by atoms with E-state index in [0.29, 0.717) is 0 Å². The highest BCUT2D eigenvalue weighted by molar-refractivity contribution is 4.80. The topological polar surface area (TPSA) is 20.2 Å². The maximum Gasteiger partial charge on any atom is 0.0612 e. The summed E-state index contributed by atoms with van der Waals surface area (Å²) in [5, 5.41) is 8.61. The molecule has 0 radical (unpaired) electrons. The molecule has 0 aliphatic carbocycles. The van der Waals surface area contributed by atoms with E-state index in [-0.39, 0.29) is 6.61 Å². The molecule has 0 unspecified atom stereocenters. The monoisotopic (exact) mass is 310 g/mol. The van der Waals surface area contributed by atoms with Crippen LogP contribution in [-0.2, 0) is 0 Å². The van der Waals surface area contributed by atoms with Gasteiger partial charge < -0.3 is 5.11 Å². The molecule has 0 amide bonds. The predicted octanol–water partition coefficient (Wildman–Crippen LogP) is 7.19. The van der Waals surface area contributed by atoms with Gasteiger partial charge in [0.25, 0.3) is 0 Å². The van der Waals surface area contributed by atoms with E-state index < -0.39 is 0 Å². The minimum atomic E-state index is 0.193. The Morgan fingerprint density at radius 3 is 1.23 bits per heavy atom. The van der Waals surface area contributed by atoms with Crippen LogP contribution in [0.15, 0.2) is 12.2 Å². The molecular formula is C21H42O. The van der Waals surface area contributed by atoms with E-state index in [1.165, 1.54) is 103 Å². The number of aliphatic hydroxyl groups excluding tert-OH is 1. The zero-order chi connectivity index (χ0) is 16.1. The van der Waals surface area contributed by atoms with Gasteiger partial charge in [-0.2, -0.15) is 0 Å². The second kappa shape index (κ2) is 20.7. The number of hydrogen-bond acceptors (Lipinski definition) is 1. The first-order chi connectivity index (χ1) is 10.9. The summed E-state index contributed by atoms with van der Waals surface area (Å²) in [7, 11) is 0. The predicted molar refractivity (Wildman–Crippen MR) is 100 cm³/mol. The Morgan fingerprint density at radius 1 is 0.500 bits per heavy atom. The molecular weight excluding hydrogens is 268 g/mol. The van der Waals surface area contributed by atoms with Gasteiger partial charge in [-0.15, -0.1) is 0 Å². The third kappa shape index (κ3) is 19.7. The van der Waals surface area contributed by atoms with Gasteiger partial charge in [0, 0.05) is 0 Å². The van der Waals surface area contributed by atoms with Crippen molar-refractivity contribution in [2.75, 3.05) is 6.61 Å². The maximum atomic E-state index is 8.61.